The Hall–Kier alpha value is -1.46. The number of amides is 1. The molecule has 1 aliphatic heterocycles. The number of hydrogen-bond donors (Lipinski definition) is 3. The normalized spacial score (nSPS) is 28.8. The van der Waals surface area contributed by atoms with Gasteiger partial charge in [-0.15, -0.1) is 0 Å². The van der Waals surface area contributed by atoms with E-state index >= 15 is 0 Å². The molecule has 3 rings (SSSR count). The van der Waals surface area contributed by atoms with Crippen LogP contribution in [0.25, 0.3) is 0 Å². The average Bonchev–Trinajstić information content (AvgIpc) is 3.29. The number of rotatable bonds is 6. The van der Waals surface area contributed by atoms with E-state index in [1.165, 1.54) is 12.8 Å². The van der Waals surface area contributed by atoms with Gasteiger partial charge in [0.15, 0.2) is 0 Å². The van der Waals surface area contributed by atoms with Crippen LogP contribution in [0.3, 0.4) is 0 Å². The first-order valence-electron chi connectivity index (χ1n) is 8.77. The number of nitrogens with zero attached hydrogens (tertiary/aromatic N) is 1. The second kappa shape index (κ2) is 6.97. The number of carbonyl (C=O) groups excluding carboxylic acids is 1. The van der Waals surface area contributed by atoms with Crippen molar-refractivity contribution in [1.82, 2.24) is 21.2 Å². The molecule has 23 heavy (non-hydrogen) atoms. The lowest BCUT2D eigenvalue weighted by atomic mass is 9.90. The zero-order valence-corrected chi connectivity index (χ0v) is 14.3. The number of aromatic nitrogens is 1. The van der Waals surface area contributed by atoms with Crippen LogP contribution in [0.15, 0.2) is 24.5 Å². The molecule has 4 atom stereocenters. The third kappa shape index (κ3) is 3.90. The maximum atomic E-state index is 13.0. The van der Waals surface area contributed by atoms with Gasteiger partial charge in [-0.1, -0.05) is 19.9 Å². The Morgan fingerprint density at radius 2 is 2.17 bits per heavy atom. The quantitative estimate of drug-likeness (QED) is 0.752. The standard InChI is InChI=1S/C18H28N4O/c1-11(2)9-15(14-5-4-8-19-10-14)20-18(23)16-12(3)21-22-17(16)13-6-7-13/h4-5,8,10-13,15-17,21-22H,6-7,9H2,1-3H3,(H,20,23). The van der Waals surface area contributed by atoms with Crippen LogP contribution in [0.2, 0.25) is 0 Å². The van der Waals surface area contributed by atoms with Crippen LogP contribution in [-0.2, 0) is 4.79 Å². The molecule has 126 valence electrons. The molecule has 0 aromatic carbocycles. The zero-order chi connectivity index (χ0) is 16.4. The Morgan fingerprint density at radius 1 is 1.39 bits per heavy atom. The summed E-state index contributed by atoms with van der Waals surface area (Å²) in [6.45, 7) is 6.45. The molecule has 2 fully saturated rings. The topological polar surface area (TPSA) is 66.1 Å². The molecule has 5 nitrogen and oxygen atoms in total. The predicted octanol–water partition coefficient (Wildman–Crippen LogP) is 2.18. The molecule has 1 aliphatic carbocycles. The van der Waals surface area contributed by atoms with Gasteiger partial charge in [0.05, 0.1) is 12.0 Å². The van der Waals surface area contributed by atoms with E-state index < -0.39 is 0 Å². The van der Waals surface area contributed by atoms with Gasteiger partial charge in [0.25, 0.3) is 0 Å². The highest BCUT2D eigenvalue weighted by Crippen LogP contribution is 2.38. The van der Waals surface area contributed by atoms with Crippen molar-refractivity contribution in [2.24, 2.45) is 17.8 Å². The first kappa shape index (κ1) is 16.4. The molecule has 0 bridgehead atoms. The summed E-state index contributed by atoms with van der Waals surface area (Å²) in [7, 11) is 0. The highest BCUT2D eigenvalue weighted by Gasteiger charge is 2.46. The lowest BCUT2D eigenvalue weighted by Crippen LogP contribution is -2.43. The summed E-state index contributed by atoms with van der Waals surface area (Å²) >= 11 is 0. The average molecular weight is 316 g/mol. The Labute approximate surface area is 138 Å². The largest absolute Gasteiger partial charge is 0.349 e. The Balaban J connectivity index is 1.72. The Morgan fingerprint density at radius 3 is 2.78 bits per heavy atom. The van der Waals surface area contributed by atoms with Gasteiger partial charge in [0, 0.05) is 24.5 Å². The number of pyridine rings is 1. The van der Waals surface area contributed by atoms with Gasteiger partial charge >= 0.3 is 0 Å². The third-order valence-corrected chi connectivity index (χ3v) is 4.95. The molecule has 1 aromatic heterocycles. The predicted molar refractivity (Wildman–Crippen MR) is 90.3 cm³/mol. The molecule has 3 N–H and O–H groups in total. The third-order valence-electron chi connectivity index (χ3n) is 4.95. The number of hydrogen-bond acceptors (Lipinski definition) is 4. The smallest absolute Gasteiger partial charge is 0.226 e. The summed E-state index contributed by atoms with van der Waals surface area (Å²) in [4.78, 5) is 17.2. The van der Waals surface area contributed by atoms with Crippen LogP contribution < -0.4 is 16.2 Å². The van der Waals surface area contributed by atoms with Crippen LogP contribution in [0.5, 0.6) is 0 Å². The van der Waals surface area contributed by atoms with E-state index in [-0.39, 0.29) is 30.0 Å². The van der Waals surface area contributed by atoms with Crippen LogP contribution in [0.1, 0.15) is 51.6 Å². The minimum absolute atomic E-state index is 0.00571. The van der Waals surface area contributed by atoms with Crippen LogP contribution in [-0.4, -0.2) is 23.0 Å². The van der Waals surface area contributed by atoms with Crippen molar-refractivity contribution < 1.29 is 4.79 Å². The second-order valence-electron chi connectivity index (χ2n) is 7.44. The highest BCUT2D eigenvalue weighted by atomic mass is 16.2. The lowest BCUT2D eigenvalue weighted by Gasteiger charge is -2.26. The monoisotopic (exact) mass is 316 g/mol. The van der Waals surface area contributed by atoms with Gasteiger partial charge in [0.2, 0.25) is 5.91 Å². The first-order valence-corrected chi connectivity index (χ1v) is 8.77. The summed E-state index contributed by atoms with van der Waals surface area (Å²) in [6, 6.07) is 4.44. The minimum atomic E-state index is -0.00571. The van der Waals surface area contributed by atoms with Crippen molar-refractivity contribution in [2.75, 3.05) is 0 Å². The Bertz CT molecular complexity index is 529. The van der Waals surface area contributed by atoms with E-state index in [1.54, 1.807) is 6.20 Å². The molecular weight excluding hydrogens is 288 g/mol. The fourth-order valence-electron chi connectivity index (χ4n) is 3.57. The summed E-state index contributed by atoms with van der Waals surface area (Å²) in [5, 5.41) is 3.29. The molecule has 2 aliphatic rings. The molecule has 2 heterocycles. The van der Waals surface area contributed by atoms with Crippen LogP contribution >= 0.6 is 0 Å². The molecule has 4 unspecified atom stereocenters. The molecule has 1 saturated carbocycles. The van der Waals surface area contributed by atoms with Gasteiger partial charge in [-0.25, -0.2) is 0 Å². The van der Waals surface area contributed by atoms with Crippen molar-refractivity contribution >= 4 is 5.91 Å². The van der Waals surface area contributed by atoms with Crippen molar-refractivity contribution in [2.45, 2.75) is 58.2 Å². The van der Waals surface area contributed by atoms with Crippen molar-refractivity contribution in [3.8, 4) is 0 Å². The SMILES string of the molecule is CC(C)CC(NC(=O)C1C(C)NNC1C1CC1)c1cccnc1. The molecule has 0 radical (unpaired) electrons. The van der Waals surface area contributed by atoms with E-state index in [2.05, 4.69) is 41.9 Å². The highest BCUT2D eigenvalue weighted by molar-refractivity contribution is 5.81. The van der Waals surface area contributed by atoms with Crippen LogP contribution in [0.4, 0.5) is 0 Å². The fourth-order valence-corrected chi connectivity index (χ4v) is 3.57. The van der Waals surface area contributed by atoms with Gasteiger partial charge in [0.1, 0.15) is 0 Å². The first-order chi connectivity index (χ1) is 11.1. The summed E-state index contributed by atoms with van der Waals surface area (Å²) in [5.74, 6) is 1.30. The van der Waals surface area contributed by atoms with Crippen molar-refractivity contribution in [1.29, 1.82) is 0 Å². The van der Waals surface area contributed by atoms with Gasteiger partial charge in [-0.3, -0.25) is 20.6 Å². The Kier molecular flexibility index (Phi) is 4.97. The van der Waals surface area contributed by atoms with E-state index in [1.807, 2.05) is 18.3 Å². The van der Waals surface area contributed by atoms with E-state index in [0.717, 1.165) is 12.0 Å². The van der Waals surface area contributed by atoms with E-state index in [0.29, 0.717) is 11.8 Å². The second-order valence-corrected chi connectivity index (χ2v) is 7.44. The molecule has 1 amide bonds. The summed E-state index contributed by atoms with van der Waals surface area (Å²) < 4.78 is 0. The maximum Gasteiger partial charge on any atom is 0.226 e. The number of carbonyl (C=O) groups is 1. The zero-order valence-electron chi connectivity index (χ0n) is 14.3. The number of hydrazine groups is 1. The van der Waals surface area contributed by atoms with E-state index in [4.69, 9.17) is 0 Å². The maximum absolute atomic E-state index is 13.0. The van der Waals surface area contributed by atoms with Gasteiger partial charge in [-0.2, -0.15) is 0 Å². The molecule has 0 spiro atoms. The van der Waals surface area contributed by atoms with Crippen LogP contribution in [0, 0.1) is 17.8 Å². The minimum Gasteiger partial charge on any atom is -0.349 e. The van der Waals surface area contributed by atoms with Gasteiger partial charge < -0.3 is 5.32 Å². The summed E-state index contributed by atoms with van der Waals surface area (Å²) in [6.07, 6.45) is 7.02. The van der Waals surface area contributed by atoms with Crippen molar-refractivity contribution in [3.05, 3.63) is 30.1 Å². The number of nitrogens with one attached hydrogen (secondary N) is 3. The van der Waals surface area contributed by atoms with E-state index in [9.17, 15) is 4.79 Å². The van der Waals surface area contributed by atoms with Gasteiger partial charge in [-0.05, 0) is 49.7 Å². The summed E-state index contributed by atoms with van der Waals surface area (Å²) in [5.41, 5.74) is 7.67. The molecule has 1 aromatic rings. The molecular formula is C18H28N4O. The molecule has 1 saturated heterocycles. The fraction of sp³-hybridized carbons (Fsp3) is 0.667. The lowest BCUT2D eigenvalue weighted by molar-refractivity contribution is -0.126. The molecule has 5 heteroatoms. The van der Waals surface area contributed by atoms with Crippen molar-refractivity contribution in [3.63, 3.8) is 0 Å².